The number of hydrogen-bond donors (Lipinski definition) is 3. The highest BCUT2D eigenvalue weighted by molar-refractivity contribution is 9.10. The molecule has 1 aromatic carbocycles. The van der Waals surface area contributed by atoms with Gasteiger partial charge < -0.3 is 5.32 Å². The lowest BCUT2D eigenvalue weighted by Gasteiger charge is -2.12. The zero-order chi connectivity index (χ0) is 15.5. The van der Waals surface area contributed by atoms with Gasteiger partial charge in [0.05, 0.1) is 0 Å². The van der Waals surface area contributed by atoms with Gasteiger partial charge in [-0.15, -0.1) is 0 Å². The lowest BCUT2D eigenvalue weighted by atomic mass is 10.2. The highest BCUT2D eigenvalue weighted by atomic mass is 79.9. The minimum absolute atomic E-state index is 0.0287. The summed E-state index contributed by atoms with van der Waals surface area (Å²) in [6, 6.07) is 8.18. The third kappa shape index (κ3) is 4.05. The smallest absolute Gasteiger partial charge is 0.366 e. The van der Waals surface area contributed by atoms with Crippen LogP contribution in [0.3, 0.4) is 0 Å². The zero-order valence-electron chi connectivity index (χ0n) is 10.6. The molecule has 0 fully saturated rings. The van der Waals surface area contributed by atoms with E-state index in [4.69, 9.17) is 5.84 Å². The number of nitrogens with zero attached hydrogens (tertiary/aromatic N) is 2. The number of rotatable bonds is 4. The number of hydrazine groups is 1. The first-order valence-corrected chi connectivity index (χ1v) is 6.59. The SMILES string of the molecule is NNc1nc(NCc2ccccc2Br)cc(C(F)(F)F)n1. The molecule has 0 saturated heterocycles. The fraction of sp³-hybridized carbons (Fsp3) is 0.167. The van der Waals surface area contributed by atoms with Crippen LogP contribution in [-0.4, -0.2) is 9.97 Å². The fourth-order valence-corrected chi connectivity index (χ4v) is 2.00. The van der Waals surface area contributed by atoms with Crippen molar-refractivity contribution in [2.45, 2.75) is 12.7 Å². The predicted molar refractivity (Wildman–Crippen MR) is 76.3 cm³/mol. The summed E-state index contributed by atoms with van der Waals surface area (Å²) in [4.78, 5) is 7.11. The number of anilines is 2. The number of nitrogen functional groups attached to an aromatic ring is 1. The van der Waals surface area contributed by atoms with Crippen LogP contribution in [0.15, 0.2) is 34.8 Å². The van der Waals surface area contributed by atoms with Crippen molar-refractivity contribution >= 4 is 27.7 Å². The molecule has 0 radical (unpaired) electrons. The number of aromatic nitrogens is 2. The summed E-state index contributed by atoms with van der Waals surface area (Å²) in [5.74, 6) is 4.81. The third-order valence-corrected chi connectivity index (χ3v) is 3.34. The molecule has 0 aliphatic carbocycles. The molecule has 21 heavy (non-hydrogen) atoms. The van der Waals surface area contributed by atoms with E-state index in [0.717, 1.165) is 16.1 Å². The molecule has 0 aliphatic rings. The summed E-state index contributed by atoms with van der Waals surface area (Å²) in [6.45, 7) is 0.305. The highest BCUT2D eigenvalue weighted by Gasteiger charge is 2.33. The maximum Gasteiger partial charge on any atom is 0.433 e. The molecular weight excluding hydrogens is 351 g/mol. The molecule has 0 atom stereocenters. The summed E-state index contributed by atoms with van der Waals surface area (Å²) < 4.78 is 39.0. The number of nitrogens with two attached hydrogens (primary N) is 1. The normalized spacial score (nSPS) is 11.3. The first kappa shape index (κ1) is 15.5. The lowest BCUT2D eigenvalue weighted by Crippen LogP contribution is -2.16. The van der Waals surface area contributed by atoms with E-state index in [9.17, 15) is 13.2 Å². The number of benzene rings is 1. The van der Waals surface area contributed by atoms with E-state index < -0.39 is 11.9 Å². The summed E-state index contributed by atoms with van der Waals surface area (Å²) >= 11 is 3.36. The van der Waals surface area contributed by atoms with Crippen molar-refractivity contribution in [3.05, 3.63) is 46.1 Å². The molecule has 0 unspecified atom stereocenters. The second-order valence-corrected chi connectivity index (χ2v) is 4.90. The molecule has 1 aromatic heterocycles. The molecule has 2 rings (SSSR count). The van der Waals surface area contributed by atoms with Crippen molar-refractivity contribution in [1.82, 2.24) is 9.97 Å². The monoisotopic (exact) mass is 361 g/mol. The molecule has 112 valence electrons. The minimum Gasteiger partial charge on any atom is -0.366 e. The quantitative estimate of drug-likeness (QED) is 0.576. The predicted octanol–water partition coefficient (Wildman–Crippen LogP) is 3.16. The molecule has 0 saturated carbocycles. The van der Waals surface area contributed by atoms with Crippen LogP contribution in [0.1, 0.15) is 11.3 Å². The minimum atomic E-state index is -4.57. The molecular formula is C12H11BrF3N5. The van der Waals surface area contributed by atoms with Gasteiger partial charge >= 0.3 is 6.18 Å². The number of nitrogens with one attached hydrogen (secondary N) is 2. The van der Waals surface area contributed by atoms with Gasteiger partial charge in [-0.1, -0.05) is 34.1 Å². The van der Waals surface area contributed by atoms with Gasteiger partial charge in [0.1, 0.15) is 5.82 Å². The molecule has 0 spiro atoms. The van der Waals surface area contributed by atoms with Crippen molar-refractivity contribution in [3.63, 3.8) is 0 Å². The Labute approximate surface area is 126 Å². The first-order chi connectivity index (χ1) is 9.90. The van der Waals surface area contributed by atoms with Gasteiger partial charge in [-0.2, -0.15) is 18.2 Å². The van der Waals surface area contributed by atoms with Crippen LogP contribution in [0, 0.1) is 0 Å². The van der Waals surface area contributed by atoms with Crippen molar-refractivity contribution in [2.24, 2.45) is 5.84 Å². The van der Waals surface area contributed by atoms with Gasteiger partial charge in [-0.3, -0.25) is 5.43 Å². The average Bonchev–Trinajstić information content (AvgIpc) is 2.45. The topological polar surface area (TPSA) is 75.9 Å². The zero-order valence-corrected chi connectivity index (χ0v) is 12.2. The van der Waals surface area contributed by atoms with Crippen molar-refractivity contribution in [1.29, 1.82) is 0 Å². The Morgan fingerprint density at radius 2 is 1.90 bits per heavy atom. The highest BCUT2D eigenvalue weighted by Crippen LogP contribution is 2.29. The van der Waals surface area contributed by atoms with E-state index in [1.807, 2.05) is 29.7 Å². The Hall–Kier alpha value is -1.87. The number of hydrogen-bond acceptors (Lipinski definition) is 5. The molecule has 9 heteroatoms. The average molecular weight is 362 g/mol. The Kier molecular flexibility index (Phi) is 4.63. The summed E-state index contributed by atoms with van der Waals surface area (Å²) in [6.07, 6.45) is -4.57. The standard InChI is InChI=1S/C12H11BrF3N5/c13-8-4-2-1-3-7(8)6-18-10-5-9(12(14,15)16)19-11(20-10)21-17/h1-5H,6,17H2,(H2,18,19,20,21). The van der Waals surface area contributed by atoms with Gasteiger partial charge in [0.25, 0.3) is 0 Å². The maximum absolute atomic E-state index is 12.7. The van der Waals surface area contributed by atoms with Gasteiger partial charge in [-0.05, 0) is 11.6 Å². The first-order valence-electron chi connectivity index (χ1n) is 5.80. The summed E-state index contributed by atoms with van der Waals surface area (Å²) in [5.41, 5.74) is 1.83. The maximum atomic E-state index is 12.7. The van der Waals surface area contributed by atoms with Crippen LogP contribution in [0.2, 0.25) is 0 Å². The Morgan fingerprint density at radius 1 is 1.19 bits per heavy atom. The van der Waals surface area contributed by atoms with Crippen LogP contribution in [0.5, 0.6) is 0 Å². The molecule has 0 amide bonds. The van der Waals surface area contributed by atoms with Gasteiger partial charge in [-0.25, -0.2) is 10.8 Å². The van der Waals surface area contributed by atoms with Gasteiger partial charge in [0, 0.05) is 17.1 Å². The largest absolute Gasteiger partial charge is 0.433 e. The van der Waals surface area contributed by atoms with Crippen molar-refractivity contribution < 1.29 is 13.2 Å². The fourth-order valence-electron chi connectivity index (χ4n) is 1.58. The molecule has 0 aliphatic heterocycles. The van der Waals surface area contributed by atoms with E-state index >= 15 is 0 Å². The van der Waals surface area contributed by atoms with Gasteiger partial charge in [0.2, 0.25) is 5.95 Å². The second kappa shape index (κ2) is 6.27. The van der Waals surface area contributed by atoms with Crippen LogP contribution >= 0.6 is 15.9 Å². The number of alkyl halides is 3. The van der Waals surface area contributed by atoms with Crippen LogP contribution < -0.4 is 16.6 Å². The van der Waals surface area contributed by atoms with E-state index in [1.165, 1.54) is 0 Å². The van der Waals surface area contributed by atoms with Gasteiger partial charge in [0.15, 0.2) is 5.69 Å². The summed E-state index contributed by atoms with van der Waals surface area (Å²) in [5, 5.41) is 2.81. The molecule has 0 bridgehead atoms. The van der Waals surface area contributed by atoms with Crippen molar-refractivity contribution in [3.8, 4) is 0 Å². The molecule has 5 nitrogen and oxygen atoms in total. The Balaban J connectivity index is 2.22. The third-order valence-electron chi connectivity index (χ3n) is 2.56. The Morgan fingerprint density at radius 3 is 2.52 bits per heavy atom. The van der Waals surface area contributed by atoms with Crippen molar-refractivity contribution in [2.75, 3.05) is 10.7 Å². The Bertz CT molecular complexity index is 633. The second-order valence-electron chi connectivity index (χ2n) is 4.05. The van der Waals surface area contributed by atoms with Crippen LogP contribution in [-0.2, 0) is 12.7 Å². The van der Waals surface area contributed by atoms with E-state index in [-0.39, 0.29) is 11.8 Å². The lowest BCUT2D eigenvalue weighted by molar-refractivity contribution is -0.141. The summed E-state index contributed by atoms with van der Waals surface area (Å²) in [7, 11) is 0. The van der Waals surface area contributed by atoms with E-state index in [2.05, 4.69) is 31.2 Å². The van der Waals surface area contributed by atoms with E-state index in [0.29, 0.717) is 6.54 Å². The molecule has 1 heterocycles. The van der Waals surface area contributed by atoms with E-state index in [1.54, 1.807) is 0 Å². The number of halogens is 4. The van der Waals surface area contributed by atoms with Crippen LogP contribution in [0.25, 0.3) is 0 Å². The van der Waals surface area contributed by atoms with Crippen LogP contribution in [0.4, 0.5) is 24.9 Å². The molecule has 4 N–H and O–H groups in total. The molecule has 2 aromatic rings.